The van der Waals surface area contributed by atoms with Crippen molar-refractivity contribution in [2.24, 2.45) is 10.6 Å². The molecule has 2 atom stereocenters. The van der Waals surface area contributed by atoms with Crippen LogP contribution in [0.2, 0.25) is 0 Å². The number of thioether (sulfide) groups is 1. The first-order valence-corrected chi connectivity index (χ1v) is 15.0. The first kappa shape index (κ1) is 33.9. The lowest BCUT2D eigenvalue weighted by Gasteiger charge is -2.49. The summed E-state index contributed by atoms with van der Waals surface area (Å²) < 4.78 is 36.1. The quantitative estimate of drug-likeness (QED) is 0.0574. The van der Waals surface area contributed by atoms with Gasteiger partial charge >= 0.3 is 11.9 Å². The molecule has 2 aliphatic heterocycles. The Hall–Kier alpha value is -3.57. The average molecular weight is 664 g/mol. The molecule has 2 N–H and O–H groups in total. The molecular formula is C25H28ClF2N5O8S2. The van der Waals surface area contributed by atoms with E-state index in [1.54, 1.807) is 32.9 Å². The molecule has 1 saturated heterocycles. The average Bonchev–Trinajstić information content (AvgIpc) is 3.43. The number of hydrogen-bond donors (Lipinski definition) is 2. The van der Waals surface area contributed by atoms with E-state index in [1.165, 1.54) is 17.1 Å². The summed E-state index contributed by atoms with van der Waals surface area (Å²) in [5, 5.41) is 9.08. The zero-order chi connectivity index (χ0) is 31.7. The largest absolute Gasteiger partial charge is 0.427 e. The van der Waals surface area contributed by atoms with Crippen molar-refractivity contribution in [3.05, 3.63) is 34.5 Å². The zero-order valence-electron chi connectivity index (χ0n) is 23.1. The van der Waals surface area contributed by atoms with Crippen LogP contribution in [0, 0.1) is 5.41 Å². The summed E-state index contributed by atoms with van der Waals surface area (Å²) in [5.41, 5.74) is -1.12. The van der Waals surface area contributed by atoms with Crippen LogP contribution in [0.15, 0.2) is 34.0 Å². The Morgan fingerprint density at radius 1 is 1.28 bits per heavy atom. The first-order valence-electron chi connectivity index (χ1n) is 12.5. The number of esters is 2. The lowest BCUT2D eigenvalue weighted by atomic mass is 9.98. The maximum atomic E-state index is 13.3. The van der Waals surface area contributed by atoms with E-state index in [0.717, 1.165) is 16.2 Å². The summed E-state index contributed by atoms with van der Waals surface area (Å²) >= 11 is 7.93. The van der Waals surface area contributed by atoms with Crippen LogP contribution >= 0.6 is 34.7 Å². The van der Waals surface area contributed by atoms with E-state index in [9.17, 15) is 32.8 Å². The predicted octanol–water partition coefficient (Wildman–Crippen LogP) is 2.28. The van der Waals surface area contributed by atoms with E-state index in [0.29, 0.717) is 12.0 Å². The molecule has 234 valence electrons. The second-order valence-electron chi connectivity index (χ2n) is 9.80. The molecule has 0 aromatic carbocycles. The van der Waals surface area contributed by atoms with Crippen LogP contribution in [0.5, 0.6) is 0 Å². The maximum Gasteiger partial charge on any atom is 0.358 e. The van der Waals surface area contributed by atoms with Gasteiger partial charge in [-0.15, -0.1) is 34.7 Å². The van der Waals surface area contributed by atoms with Crippen molar-refractivity contribution in [1.29, 1.82) is 0 Å². The van der Waals surface area contributed by atoms with Crippen molar-refractivity contribution in [2.45, 2.75) is 38.3 Å². The molecule has 2 aliphatic rings. The van der Waals surface area contributed by atoms with Gasteiger partial charge in [-0.05, 0) is 26.3 Å². The summed E-state index contributed by atoms with van der Waals surface area (Å²) in [6.45, 7) is 1.76. The Morgan fingerprint density at radius 2 is 2.00 bits per heavy atom. The van der Waals surface area contributed by atoms with Gasteiger partial charge in [0.1, 0.15) is 36.2 Å². The number of thiazole rings is 1. The lowest BCUT2D eigenvalue weighted by Crippen LogP contribution is -2.71. The fraction of sp³-hybridized carbons (Fsp3) is 0.480. The number of carbonyl (C=O) groups is 5. The highest BCUT2D eigenvalue weighted by Gasteiger charge is 2.54. The molecule has 0 aliphatic carbocycles. The lowest BCUT2D eigenvalue weighted by molar-refractivity contribution is -0.173. The van der Waals surface area contributed by atoms with E-state index < -0.39 is 72.5 Å². The van der Waals surface area contributed by atoms with Crippen molar-refractivity contribution in [1.82, 2.24) is 15.2 Å². The van der Waals surface area contributed by atoms with Crippen molar-refractivity contribution >= 4 is 75.7 Å². The predicted molar refractivity (Wildman–Crippen MR) is 154 cm³/mol. The fourth-order valence-electron chi connectivity index (χ4n) is 3.51. The molecule has 13 nitrogen and oxygen atoms in total. The van der Waals surface area contributed by atoms with Gasteiger partial charge in [-0.1, -0.05) is 17.3 Å². The van der Waals surface area contributed by atoms with Crippen LogP contribution in [0.4, 0.5) is 13.9 Å². The SMILES string of the molecule is CC(C)(C)C(=O)OCOC(=O)C1=C(/C=C\CCl)CS[C@H]2[C@H](NC(=O)C(=NOC(CF)CF)c3csc(NC=O)n3)C(=O)N12. The minimum Gasteiger partial charge on any atom is -0.427 e. The van der Waals surface area contributed by atoms with Gasteiger partial charge in [0.15, 0.2) is 16.9 Å². The summed E-state index contributed by atoms with van der Waals surface area (Å²) in [5.74, 6) is -2.81. The van der Waals surface area contributed by atoms with Gasteiger partial charge in [-0.2, -0.15) is 0 Å². The summed E-state index contributed by atoms with van der Waals surface area (Å²) in [6, 6.07) is -1.15. The van der Waals surface area contributed by atoms with Gasteiger partial charge in [0.25, 0.3) is 11.8 Å². The Bertz CT molecular complexity index is 1330. The number of fused-ring (bicyclic) bond motifs is 1. The molecule has 0 saturated carbocycles. The van der Waals surface area contributed by atoms with Crippen molar-refractivity contribution in [2.75, 3.05) is 37.1 Å². The molecule has 0 bridgehead atoms. The molecule has 1 fully saturated rings. The Kier molecular flexibility index (Phi) is 12.0. The number of nitrogens with zero attached hydrogens (tertiary/aromatic N) is 3. The van der Waals surface area contributed by atoms with Gasteiger partial charge in [-0.3, -0.25) is 24.1 Å². The summed E-state index contributed by atoms with van der Waals surface area (Å²) in [6.07, 6.45) is 1.92. The normalized spacial score (nSPS) is 18.7. The minimum atomic E-state index is -1.58. The third-order valence-electron chi connectivity index (χ3n) is 5.66. The highest BCUT2D eigenvalue weighted by Crippen LogP contribution is 2.41. The Labute approximate surface area is 258 Å². The third-order valence-corrected chi connectivity index (χ3v) is 7.91. The smallest absolute Gasteiger partial charge is 0.358 e. The third kappa shape index (κ3) is 8.29. The van der Waals surface area contributed by atoms with Crippen molar-refractivity contribution in [3.63, 3.8) is 0 Å². The molecule has 0 spiro atoms. The number of nitrogens with one attached hydrogen (secondary N) is 2. The minimum absolute atomic E-state index is 0.0919. The molecular weight excluding hydrogens is 636 g/mol. The number of carbonyl (C=O) groups excluding carboxylic acids is 5. The van der Waals surface area contributed by atoms with Crippen molar-refractivity contribution < 1.29 is 47.1 Å². The number of rotatable bonds is 14. The van der Waals surface area contributed by atoms with E-state index in [-0.39, 0.29) is 28.2 Å². The molecule has 1 aromatic heterocycles. The van der Waals surface area contributed by atoms with Crippen LogP contribution in [0.25, 0.3) is 0 Å². The zero-order valence-corrected chi connectivity index (χ0v) is 25.5. The molecule has 0 radical (unpaired) electrons. The number of β-lactam (4-membered cyclic amide) rings is 1. The number of allylic oxidation sites excluding steroid dienone is 2. The monoisotopic (exact) mass is 663 g/mol. The van der Waals surface area contributed by atoms with Crippen LogP contribution in [-0.2, 0) is 38.3 Å². The van der Waals surface area contributed by atoms with Crippen LogP contribution in [0.1, 0.15) is 26.5 Å². The molecule has 1 aromatic rings. The summed E-state index contributed by atoms with van der Waals surface area (Å²) in [7, 11) is 0. The number of ether oxygens (including phenoxy) is 2. The molecule has 18 heteroatoms. The van der Waals surface area contributed by atoms with Gasteiger partial charge in [0.05, 0.1) is 5.41 Å². The van der Waals surface area contributed by atoms with Crippen LogP contribution < -0.4 is 10.6 Å². The second kappa shape index (κ2) is 15.2. The van der Waals surface area contributed by atoms with Gasteiger partial charge in [-0.25, -0.2) is 18.6 Å². The Balaban J connectivity index is 1.80. The number of anilines is 1. The highest BCUT2D eigenvalue weighted by molar-refractivity contribution is 8.00. The molecule has 3 amide bonds. The number of alkyl halides is 3. The van der Waals surface area contributed by atoms with E-state index >= 15 is 0 Å². The molecule has 43 heavy (non-hydrogen) atoms. The van der Waals surface area contributed by atoms with E-state index in [1.807, 2.05) is 0 Å². The maximum absolute atomic E-state index is 13.3. The number of halogens is 3. The van der Waals surface area contributed by atoms with E-state index in [4.69, 9.17) is 25.9 Å². The van der Waals surface area contributed by atoms with Gasteiger partial charge in [0.2, 0.25) is 13.2 Å². The van der Waals surface area contributed by atoms with Crippen LogP contribution in [0.3, 0.4) is 0 Å². The number of hydrogen-bond acceptors (Lipinski definition) is 12. The number of aromatic nitrogens is 1. The van der Waals surface area contributed by atoms with Crippen molar-refractivity contribution in [3.8, 4) is 0 Å². The Morgan fingerprint density at radius 3 is 2.63 bits per heavy atom. The standard InChI is InChI=1S/C25H28ClF2N5O8S2/c1-25(2,3)23(38)40-12-39-22(37)18-13(5-4-6-26)9-42-21-17(20(36)33(18)21)31-19(35)16(32-41-14(7-27)8-28)15-10-43-24(30-15)29-11-34/h4-5,10-11,14,17,21H,6-9,12H2,1-3H3,(H,31,35)(H,29,30,34)/b5-4-,32-16?/t17-,21+/m1/s1. The molecule has 3 rings (SSSR count). The molecule has 0 unspecified atom stereocenters. The van der Waals surface area contributed by atoms with Gasteiger partial charge in [0, 0.05) is 17.0 Å². The number of oxime groups is 1. The van der Waals surface area contributed by atoms with Crippen LogP contribution in [-0.4, -0.2) is 95.1 Å². The topological polar surface area (TPSA) is 166 Å². The van der Waals surface area contributed by atoms with Gasteiger partial charge < -0.3 is 24.9 Å². The highest BCUT2D eigenvalue weighted by atomic mass is 35.5. The first-order chi connectivity index (χ1) is 20.5. The molecule has 3 heterocycles. The van der Waals surface area contributed by atoms with E-state index in [2.05, 4.69) is 20.8 Å². The second-order valence-corrected chi connectivity index (χ2v) is 12.1. The fourth-order valence-corrected chi connectivity index (χ4v) is 5.57. The summed E-state index contributed by atoms with van der Waals surface area (Å²) in [4.78, 5) is 72.3. The number of amides is 3.